The Morgan fingerprint density at radius 3 is 2.63 bits per heavy atom. The molecule has 1 atom stereocenters. The summed E-state index contributed by atoms with van der Waals surface area (Å²) in [6.45, 7) is 8.05. The lowest BCUT2D eigenvalue weighted by Crippen LogP contribution is -2.21. The van der Waals surface area contributed by atoms with Crippen molar-refractivity contribution in [1.82, 2.24) is 15.3 Å². The van der Waals surface area contributed by atoms with E-state index in [-0.39, 0.29) is 0 Å². The van der Waals surface area contributed by atoms with Crippen molar-refractivity contribution in [2.75, 3.05) is 33.5 Å². The molecule has 2 heterocycles. The van der Waals surface area contributed by atoms with Crippen LogP contribution in [0.25, 0.3) is 0 Å². The molecule has 0 aliphatic carbocycles. The van der Waals surface area contributed by atoms with E-state index >= 15 is 0 Å². The molecule has 0 spiro atoms. The second-order valence-electron chi connectivity index (χ2n) is 4.96. The van der Waals surface area contributed by atoms with Crippen LogP contribution in [0.15, 0.2) is 0 Å². The molecule has 1 unspecified atom stereocenters. The van der Waals surface area contributed by atoms with Crippen molar-refractivity contribution < 1.29 is 9.47 Å². The van der Waals surface area contributed by atoms with E-state index in [2.05, 4.69) is 29.1 Å². The smallest absolute Gasteiger partial charge is 0.134 e. The van der Waals surface area contributed by atoms with Crippen molar-refractivity contribution in [1.29, 1.82) is 0 Å². The third-order valence-corrected chi connectivity index (χ3v) is 3.52. The van der Waals surface area contributed by atoms with Crippen LogP contribution in [0.2, 0.25) is 0 Å². The highest BCUT2D eigenvalue weighted by atomic mass is 16.5. The van der Waals surface area contributed by atoms with Crippen LogP contribution in [-0.2, 0) is 16.0 Å². The maximum absolute atomic E-state index is 5.41. The van der Waals surface area contributed by atoms with Crippen LogP contribution in [0.1, 0.15) is 35.1 Å². The molecular formula is C14H23N3O2. The molecule has 5 heteroatoms. The summed E-state index contributed by atoms with van der Waals surface area (Å²) < 4.78 is 10.4. The highest BCUT2D eigenvalue weighted by molar-refractivity contribution is 5.25. The van der Waals surface area contributed by atoms with Crippen molar-refractivity contribution in [3.8, 4) is 0 Å². The van der Waals surface area contributed by atoms with Gasteiger partial charge in [-0.05, 0) is 20.3 Å². The Balaban J connectivity index is 2.04. The number of rotatable bonds is 6. The van der Waals surface area contributed by atoms with E-state index in [9.17, 15) is 0 Å². The SMILES string of the molecule is COCCNCc1c(C)nc(C2CCOC2)nc1C. The third kappa shape index (κ3) is 3.72. The molecule has 1 aliphatic rings. The Labute approximate surface area is 114 Å². The highest BCUT2D eigenvalue weighted by Gasteiger charge is 2.21. The molecule has 0 aromatic carbocycles. The average Bonchev–Trinajstić information content (AvgIpc) is 2.90. The van der Waals surface area contributed by atoms with Crippen molar-refractivity contribution in [2.45, 2.75) is 32.7 Å². The van der Waals surface area contributed by atoms with E-state index in [0.29, 0.717) is 5.92 Å². The number of nitrogens with zero attached hydrogens (tertiary/aromatic N) is 2. The number of ether oxygens (including phenoxy) is 2. The topological polar surface area (TPSA) is 56.3 Å². The largest absolute Gasteiger partial charge is 0.383 e. The number of hydrogen-bond acceptors (Lipinski definition) is 5. The zero-order valence-corrected chi connectivity index (χ0v) is 12.0. The van der Waals surface area contributed by atoms with Gasteiger partial charge in [-0.15, -0.1) is 0 Å². The molecule has 0 saturated carbocycles. The standard InChI is InChI=1S/C14H23N3O2/c1-10-13(8-15-5-7-18-3)11(2)17-14(16-10)12-4-6-19-9-12/h12,15H,4-9H2,1-3H3. The van der Waals surface area contributed by atoms with Crippen LogP contribution in [0.3, 0.4) is 0 Å². The minimum absolute atomic E-state index is 0.368. The van der Waals surface area contributed by atoms with Crippen LogP contribution < -0.4 is 5.32 Å². The molecule has 0 radical (unpaired) electrons. The van der Waals surface area contributed by atoms with Gasteiger partial charge in [0.05, 0.1) is 13.2 Å². The summed E-state index contributed by atoms with van der Waals surface area (Å²) in [6, 6.07) is 0. The minimum atomic E-state index is 0.368. The summed E-state index contributed by atoms with van der Waals surface area (Å²) in [5, 5.41) is 3.34. The van der Waals surface area contributed by atoms with Crippen LogP contribution >= 0.6 is 0 Å². The van der Waals surface area contributed by atoms with Crippen LogP contribution in [0.5, 0.6) is 0 Å². The summed E-state index contributed by atoms with van der Waals surface area (Å²) in [5.74, 6) is 1.31. The van der Waals surface area contributed by atoms with E-state index in [1.54, 1.807) is 7.11 Å². The Kier molecular flexibility index (Phi) is 5.24. The maximum atomic E-state index is 5.41. The summed E-state index contributed by atoms with van der Waals surface area (Å²) in [7, 11) is 1.71. The molecule has 1 fully saturated rings. The Morgan fingerprint density at radius 2 is 2.05 bits per heavy atom. The van der Waals surface area contributed by atoms with E-state index in [1.807, 2.05) is 0 Å². The monoisotopic (exact) mass is 265 g/mol. The van der Waals surface area contributed by atoms with Gasteiger partial charge in [0, 0.05) is 49.7 Å². The van der Waals surface area contributed by atoms with Crippen LogP contribution in [0.4, 0.5) is 0 Å². The van der Waals surface area contributed by atoms with E-state index in [1.165, 1.54) is 5.56 Å². The summed E-state index contributed by atoms with van der Waals surface area (Å²) in [4.78, 5) is 9.31. The van der Waals surface area contributed by atoms with Gasteiger partial charge < -0.3 is 14.8 Å². The number of aromatic nitrogens is 2. The lowest BCUT2D eigenvalue weighted by Gasteiger charge is -2.14. The lowest BCUT2D eigenvalue weighted by molar-refractivity contribution is 0.193. The molecule has 0 bridgehead atoms. The molecular weight excluding hydrogens is 242 g/mol. The molecule has 1 N–H and O–H groups in total. The Morgan fingerprint density at radius 1 is 1.32 bits per heavy atom. The third-order valence-electron chi connectivity index (χ3n) is 3.52. The molecule has 106 valence electrons. The van der Waals surface area contributed by atoms with Gasteiger partial charge >= 0.3 is 0 Å². The van der Waals surface area contributed by atoms with Gasteiger partial charge in [-0.25, -0.2) is 9.97 Å². The number of methoxy groups -OCH3 is 1. The van der Waals surface area contributed by atoms with Gasteiger partial charge in [-0.2, -0.15) is 0 Å². The maximum Gasteiger partial charge on any atom is 0.134 e. The fourth-order valence-electron chi connectivity index (χ4n) is 2.33. The number of hydrogen-bond donors (Lipinski definition) is 1. The quantitative estimate of drug-likeness (QED) is 0.787. The predicted molar refractivity (Wildman–Crippen MR) is 73.3 cm³/mol. The van der Waals surface area contributed by atoms with Crippen molar-refractivity contribution in [2.24, 2.45) is 0 Å². The van der Waals surface area contributed by atoms with Crippen molar-refractivity contribution >= 4 is 0 Å². The second-order valence-corrected chi connectivity index (χ2v) is 4.96. The first kappa shape index (κ1) is 14.4. The normalized spacial score (nSPS) is 19.0. The number of aryl methyl sites for hydroxylation is 2. The average molecular weight is 265 g/mol. The van der Waals surface area contributed by atoms with Crippen LogP contribution in [-0.4, -0.2) is 43.4 Å². The molecule has 1 aromatic heterocycles. The molecule has 1 saturated heterocycles. The van der Waals surface area contributed by atoms with E-state index in [0.717, 1.165) is 56.5 Å². The zero-order valence-electron chi connectivity index (χ0n) is 12.0. The fraction of sp³-hybridized carbons (Fsp3) is 0.714. The second kappa shape index (κ2) is 6.93. The van der Waals surface area contributed by atoms with Gasteiger partial charge in [0.15, 0.2) is 0 Å². The summed E-state index contributed by atoms with van der Waals surface area (Å²) in [6.07, 6.45) is 1.03. The lowest BCUT2D eigenvalue weighted by atomic mass is 10.1. The predicted octanol–water partition coefficient (Wildman–Crippen LogP) is 1.33. The molecule has 19 heavy (non-hydrogen) atoms. The Hall–Kier alpha value is -1.04. The highest BCUT2D eigenvalue weighted by Crippen LogP contribution is 2.23. The van der Waals surface area contributed by atoms with Gasteiger partial charge in [0.2, 0.25) is 0 Å². The molecule has 2 rings (SSSR count). The fourth-order valence-corrected chi connectivity index (χ4v) is 2.33. The van der Waals surface area contributed by atoms with Gasteiger partial charge in [0.1, 0.15) is 5.82 Å². The Bertz CT molecular complexity index is 394. The van der Waals surface area contributed by atoms with Crippen molar-refractivity contribution in [3.05, 3.63) is 22.8 Å². The first-order valence-corrected chi connectivity index (χ1v) is 6.83. The first-order chi connectivity index (χ1) is 9.22. The summed E-state index contributed by atoms with van der Waals surface area (Å²) >= 11 is 0. The molecule has 1 aromatic rings. The summed E-state index contributed by atoms with van der Waals surface area (Å²) in [5.41, 5.74) is 3.33. The van der Waals surface area contributed by atoms with E-state index in [4.69, 9.17) is 9.47 Å². The van der Waals surface area contributed by atoms with Crippen molar-refractivity contribution in [3.63, 3.8) is 0 Å². The van der Waals surface area contributed by atoms with Gasteiger partial charge in [-0.1, -0.05) is 0 Å². The first-order valence-electron chi connectivity index (χ1n) is 6.83. The number of nitrogens with one attached hydrogen (secondary N) is 1. The van der Waals surface area contributed by atoms with E-state index < -0.39 is 0 Å². The molecule has 5 nitrogen and oxygen atoms in total. The zero-order chi connectivity index (χ0) is 13.7. The minimum Gasteiger partial charge on any atom is -0.383 e. The molecule has 0 amide bonds. The van der Waals surface area contributed by atoms with Gasteiger partial charge in [0.25, 0.3) is 0 Å². The van der Waals surface area contributed by atoms with Crippen LogP contribution in [0, 0.1) is 13.8 Å². The van der Waals surface area contributed by atoms with Gasteiger partial charge in [-0.3, -0.25) is 0 Å². The molecule has 1 aliphatic heterocycles.